The van der Waals surface area contributed by atoms with Gasteiger partial charge in [0.05, 0.1) is 0 Å². The van der Waals surface area contributed by atoms with E-state index in [0.717, 1.165) is 6.54 Å². The van der Waals surface area contributed by atoms with Gasteiger partial charge in [0.25, 0.3) is 0 Å². The van der Waals surface area contributed by atoms with Crippen LogP contribution in [0.3, 0.4) is 0 Å². The van der Waals surface area contributed by atoms with Crippen molar-refractivity contribution >= 4 is 0 Å². The van der Waals surface area contributed by atoms with Crippen LogP contribution in [-0.4, -0.2) is 36.0 Å². The first kappa shape index (κ1) is 11.6. The summed E-state index contributed by atoms with van der Waals surface area (Å²) in [7, 11) is 0. The highest BCUT2D eigenvalue weighted by molar-refractivity contribution is 5.22. The van der Waals surface area contributed by atoms with Gasteiger partial charge in [0.1, 0.15) is 0 Å². The van der Waals surface area contributed by atoms with Gasteiger partial charge in [-0.05, 0) is 31.4 Å². The maximum absolute atomic E-state index is 2.51. The topological polar surface area (TPSA) is 6.48 Å². The van der Waals surface area contributed by atoms with Gasteiger partial charge in [-0.3, -0.25) is 0 Å². The quantitative estimate of drug-likeness (QED) is 0.657. The maximum atomic E-state index is 2.51. The second kappa shape index (κ2) is 5.97. The summed E-state index contributed by atoms with van der Waals surface area (Å²) in [6.07, 6.45) is 13.7. The van der Waals surface area contributed by atoms with Crippen molar-refractivity contribution < 1.29 is 0 Å². The van der Waals surface area contributed by atoms with E-state index >= 15 is 0 Å². The number of hydrogen-bond acceptors (Lipinski definition) is 2. The van der Waals surface area contributed by atoms with Gasteiger partial charge in [0, 0.05) is 38.1 Å². The van der Waals surface area contributed by atoms with E-state index in [4.69, 9.17) is 0 Å². The summed E-state index contributed by atoms with van der Waals surface area (Å²) >= 11 is 0. The van der Waals surface area contributed by atoms with Crippen LogP contribution in [-0.2, 0) is 0 Å². The van der Waals surface area contributed by atoms with E-state index in [1.165, 1.54) is 57.4 Å². The third-order valence-electron chi connectivity index (χ3n) is 3.51. The van der Waals surface area contributed by atoms with Crippen LogP contribution in [0.15, 0.2) is 24.0 Å². The Labute approximate surface area is 99.6 Å². The number of allylic oxidation sites excluding steroid dienone is 1. The molecule has 2 heteroatoms. The molecule has 0 radical (unpaired) electrons. The van der Waals surface area contributed by atoms with Crippen molar-refractivity contribution in [3.05, 3.63) is 24.0 Å². The lowest BCUT2D eigenvalue weighted by Gasteiger charge is -2.27. The third-order valence-corrected chi connectivity index (χ3v) is 3.51. The van der Waals surface area contributed by atoms with E-state index in [1.807, 2.05) is 0 Å². The van der Waals surface area contributed by atoms with Crippen LogP contribution in [0.2, 0.25) is 0 Å². The summed E-state index contributed by atoms with van der Waals surface area (Å²) in [4.78, 5) is 4.94. The van der Waals surface area contributed by atoms with Crippen molar-refractivity contribution in [1.82, 2.24) is 9.80 Å². The van der Waals surface area contributed by atoms with Crippen molar-refractivity contribution in [2.75, 3.05) is 26.2 Å². The monoisotopic (exact) mass is 220 g/mol. The maximum Gasteiger partial charge on any atom is 0.0376 e. The Kier molecular flexibility index (Phi) is 4.32. The molecule has 0 N–H and O–H groups in total. The smallest absolute Gasteiger partial charge is 0.0376 e. The number of nitrogens with zero attached hydrogens (tertiary/aromatic N) is 2. The van der Waals surface area contributed by atoms with Crippen molar-refractivity contribution in [2.45, 2.75) is 39.0 Å². The zero-order valence-electron chi connectivity index (χ0n) is 10.5. The minimum atomic E-state index is 1.10. The number of rotatable bonds is 5. The summed E-state index contributed by atoms with van der Waals surface area (Å²) in [6.45, 7) is 7.09. The molecule has 0 aromatic heterocycles. The molecule has 0 aromatic carbocycles. The van der Waals surface area contributed by atoms with Gasteiger partial charge in [-0.25, -0.2) is 0 Å². The lowest BCUT2D eigenvalue weighted by Crippen LogP contribution is -2.26. The van der Waals surface area contributed by atoms with Crippen LogP contribution in [0.5, 0.6) is 0 Å². The highest BCUT2D eigenvalue weighted by Crippen LogP contribution is 2.18. The van der Waals surface area contributed by atoms with E-state index in [-0.39, 0.29) is 0 Å². The van der Waals surface area contributed by atoms with Crippen LogP contribution in [0.25, 0.3) is 0 Å². The molecule has 0 saturated carbocycles. The predicted octanol–water partition coefficient (Wildman–Crippen LogP) is 2.99. The van der Waals surface area contributed by atoms with E-state index in [0.29, 0.717) is 0 Å². The van der Waals surface area contributed by atoms with Gasteiger partial charge >= 0.3 is 0 Å². The SMILES string of the molecule is CCCCCN1C=CC(N2CCCC2)=CC1. The Hall–Kier alpha value is -0.920. The Balaban J connectivity index is 1.74. The van der Waals surface area contributed by atoms with Crippen LogP contribution in [0.1, 0.15) is 39.0 Å². The Morgan fingerprint density at radius 3 is 2.62 bits per heavy atom. The van der Waals surface area contributed by atoms with Gasteiger partial charge in [-0.2, -0.15) is 0 Å². The molecule has 0 unspecified atom stereocenters. The molecule has 2 aliphatic heterocycles. The van der Waals surface area contributed by atoms with Gasteiger partial charge < -0.3 is 9.80 Å². The summed E-state index contributed by atoms with van der Waals surface area (Å²) in [5.41, 5.74) is 1.45. The molecule has 0 bridgehead atoms. The molecular formula is C14H24N2. The molecule has 0 amide bonds. The van der Waals surface area contributed by atoms with E-state index in [9.17, 15) is 0 Å². The molecule has 1 fully saturated rings. The zero-order chi connectivity index (χ0) is 11.2. The highest BCUT2D eigenvalue weighted by atomic mass is 15.2. The van der Waals surface area contributed by atoms with Gasteiger partial charge in [0.2, 0.25) is 0 Å². The number of hydrogen-bond donors (Lipinski definition) is 0. The molecule has 2 aliphatic rings. The summed E-state index contributed by atoms with van der Waals surface area (Å²) < 4.78 is 0. The second-order valence-electron chi connectivity index (χ2n) is 4.84. The molecule has 2 rings (SSSR count). The molecule has 0 aliphatic carbocycles. The van der Waals surface area contributed by atoms with Crippen LogP contribution >= 0.6 is 0 Å². The fourth-order valence-corrected chi connectivity index (χ4v) is 2.46. The predicted molar refractivity (Wildman–Crippen MR) is 69.1 cm³/mol. The lowest BCUT2D eigenvalue weighted by molar-refractivity contribution is 0.374. The fraction of sp³-hybridized carbons (Fsp3) is 0.714. The number of likely N-dealkylation sites (tertiary alicyclic amines) is 1. The largest absolute Gasteiger partial charge is 0.374 e. The Morgan fingerprint density at radius 1 is 1.19 bits per heavy atom. The average molecular weight is 220 g/mol. The standard InChI is InChI=1S/C14H24N2/c1-2-3-4-9-15-12-7-14(8-13-15)16-10-5-6-11-16/h7-8,12H,2-6,9-11,13H2,1H3. The third kappa shape index (κ3) is 3.03. The molecule has 90 valence electrons. The van der Waals surface area contributed by atoms with E-state index in [1.54, 1.807) is 0 Å². The normalized spacial score (nSPS) is 20.4. The molecule has 1 saturated heterocycles. The minimum Gasteiger partial charge on any atom is -0.374 e. The molecule has 2 nitrogen and oxygen atoms in total. The molecule has 0 aromatic rings. The first-order valence-corrected chi connectivity index (χ1v) is 6.77. The lowest BCUT2D eigenvalue weighted by atomic mass is 10.2. The molecule has 2 heterocycles. The number of unbranched alkanes of at least 4 members (excludes halogenated alkanes) is 2. The van der Waals surface area contributed by atoms with Crippen molar-refractivity contribution in [1.29, 1.82) is 0 Å². The first-order valence-electron chi connectivity index (χ1n) is 6.77. The molecule has 0 atom stereocenters. The van der Waals surface area contributed by atoms with Crippen molar-refractivity contribution in [3.63, 3.8) is 0 Å². The summed E-state index contributed by atoms with van der Waals surface area (Å²) in [6, 6.07) is 0. The summed E-state index contributed by atoms with van der Waals surface area (Å²) in [5.74, 6) is 0. The van der Waals surface area contributed by atoms with Gasteiger partial charge in [-0.1, -0.05) is 19.8 Å². The van der Waals surface area contributed by atoms with Crippen molar-refractivity contribution in [3.8, 4) is 0 Å². The zero-order valence-corrected chi connectivity index (χ0v) is 10.5. The molecular weight excluding hydrogens is 196 g/mol. The first-order chi connectivity index (χ1) is 7.90. The summed E-state index contributed by atoms with van der Waals surface area (Å²) in [5, 5.41) is 0. The van der Waals surface area contributed by atoms with E-state index in [2.05, 4.69) is 35.1 Å². The molecule has 16 heavy (non-hydrogen) atoms. The highest BCUT2D eigenvalue weighted by Gasteiger charge is 2.14. The van der Waals surface area contributed by atoms with Crippen LogP contribution in [0, 0.1) is 0 Å². The fourth-order valence-electron chi connectivity index (χ4n) is 2.46. The van der Waals surface area contributed by atoms with E-state index < -0.39 is 0 Å². The Morgan fingerprint density at radius 2 is 2.00 bits per heavy atom. The van der Waals surface area contributed by atoms with Crippen LogP contribution < -0.4 is 0 Å². The average Bonchev–Trinajstić information content (AvgIpc) is 2.84. The van der Waals surface area contributed by atoms with Gasteiger partial charge in [-0.15, -0.1) is 0 Å². The van der Waals surface area contributed by atoms with Gasteiger partial charge in [0.15, 0.2) is 0 Å². The Bertz CT molecular complexity index is 262. The van der Waals surface area contributed by atoms with Crippen molar-refractivity contribution in [2.24, 2.45) is 0 Å². The van der Waals surface area contributed by atoms with Crippen LogP contribution in [0.4, 0.5) is 0 Å². The molecule has 0 spiro atoms. The second-order valence-corrected chi connectivity index (χ2v) is 4.84. The minimum absolute atomic E-state index is 1.10.